The molecule has 1 aliphatic rings. The molecule has 1 fully saturated rings. The molecule has 1 saturated heterocycles. The molecule has 1 aromatic heterocycles. The van der Waals surface area contributed by atoms with E-state index < -0.39 is 5.91 Å². The van der Waals surface area contributed by atoms with Crippen molar-refractivity contribution in [3.63, 3.8) is 0 Å². The van der Waals surface area contributed by atoms with Gasteiger partial charge in [0, 0.05) is 37.6 Å². The van der Waals surface area contributed by atoms with Gasteiger partial charge in [-0.2, -0.15) is 0 Å². The molecule has 2 aromatic rings. The SMILES string of the molecule is CC(C)Oc1cc(Oc2ncc(C(=O)N3CCC3)cc2Cl)cc(C(=O)NC(=[NH2+])/C=C\N)c1. The molecule has 1 aromatic carbocycles. The van der Waals surface area contributed by atoms with E-state index in [4.69, 9.17) is 32.2 Å². The van der Waals surface area contributed by atoms with Gasteiger partial charge in [-0.15, -0.1) is 0 Å². The van der Waals surface area contributed by atoms with Crippen LogP contribution in [0.15, 0.2) is 42.7 Å². The third-order valence-electron chi connectivity index (χ3n) is 4.46. The van der Waals surface area contributed by atoms with Gasteiger partial charge in [-0.05, 0) is 38.5 Å². The van der Waals surface area contributed by atoms with E-state index in [1.807, 2.05) is 13.8 Å². The molecule has 32 heavy (non-hydrogen) atoms. The molecule has 5 N–H and O–H groups in total. The monoisotopic (exact) mass is 458 g/mol. The van der Waals surface area contributed by atoms with Gasteiger partial charge in [-0.1, -0.05) is 11.6 Å². The first-order valence-corrected chi connectivity index (χ1v) is 10.4. The van der Waals surface area contributed by atoms with Gasteiger partial charge in [0.2, 0.25) is 5.88 Å². The summed E-state index contributed by atoms with van der Waals surface area (Å²) in [6.45, 7) is 5.17. The Hall–Kier alpha value is -3.59. The van der Waals surface area contributed by atoms with Crippen LogP contribution in [0, 0.1) is 0 Å². The third-order valence-corrected chi connectivity index (χ3v) is 4.73. The minimum absolute atomic E-state index is 0.0855. The number of rotatable bonds is 7. The van der Waals surface area contributed by atoms with Crippen molar-refractivity contribution in [1.82, 2.24) is 15.2 Å². The van der Waals surface area contributed by atoms with Crippen LogP contribution in [0.2, 0.25) is 5.02 Å². The predicted octanol–water partition coefficient (Wildman–Crippen LogP) is 1.52. The molecule has 0 bridgehead atoms. The van der Waals surface area contributed by atoms with Crippen molar-refractivity contribution in [2.75, 3.05) is 13.1 Å². The molecule has 0 saturated carbocycles. The van der Waals surface area contributed by atoms with Crippen LogP contribution >= 0.6 is 11.6 Å². The number of nitrogens with zero attached hydrogens (tertiary/aromatic N) is 2. The fourth-order valence-corrected chi connectivity index (χ4v) is 3.09. The van der Waals surface area contributed by atoms with E-state index >= 15 is 0 Å². The van der Waals surface area contributed by atoms with Crippen molar-refractivity contribution >= 4 is 29.3 Å². The van der Waals surface area contributed by atoms with Crippen molar-refractivity contribution in [2.24, 2.45) is 5.73 Å². The summed E-state index contributed by atoms with van der Waals surface area (Å²) in [7, 11) is 0. The van der Waals surface area contributed by atoms with Crippen molar-refractivity contribution < 1.29 is 24.5 Å². The number of pyridine rings is 1. The lowest BCUT2D eigenvalue weighted by Gasteiger charge is -2.30. The number of hydrogen-bond acceptors (Lipinski definition) is 6. The number of ether oxygens (including phenoxy) is 2. The maximum atomic E-state index is 12.6. The van der Waals surface area contributed by atoms with Gasteiger partial charge in [-0.3, -0.25) is 10.2 Å². The number of aromatic nitrogens is 1. The molecule has 0 atom stereocenters. The fourth-order valence-electron chi connectivity index (χ4n) is 2.88. The first-order valence-electron chi connectivity index (χ1n) is 10.0. The van der Waals surface area contributed by atoms with E-state index in [0.717, 1.165) is 19.5 Å². The number of halogens is 1. The highest BCUT2D eigenvalue weighted by atomic mass is 35.5. The number of hydrogen-bond donors (Lipinski definition) is 3. The van der Waals surface area contributed by atoms with Crippen molar-refractivity contribution in [3.05, 3.63) is 58.9 Å². The lowest BCUT2D eigenvalue weighted by Crippen LogP contribution is -2.49. The lowest BCUT2D eigenvalue weighted by molar-refractivity contribution is -0.115. The normalized spacial score (nSPS) is 13.1. The van der Waals surface area contributed by atoms with Crippen LogP contribution in [-0.4, -0.2) is 46.7 Å². The maximum Gasteiger partial charge on any atom is 0.339 e. The molecule has 10 heteroatoms. The summed E-state index contributed by atoms with van der Waals surface area (Å²) in [5.41, 5.74) is 5.92. The molecule has 0 aliphatic carbocycles. The number of carbonyl (C=O) groups excluding carboxylic acids is 2. The molecule has 2 amide bonds. The van der Waals surface area contributed by atoms with Crippen LogP contribution in [0.3, 0.4) is 0 Å². The summed E-state index contributed by atoms with van der Waals surface area (Å²) in [5.74, 6) is 0.270. The predicted molar refractivity (Wildman–Crippen MR) is 120 cm³/mol. The summed E-state index contributed by atoms with van der Waals surface area (Å²) >= 11 is 6.31. The van der Waals surface area contributed by atoms with Gasteiger partial charge in [0.1, 0.15) is 16.5 Å². The number of carbonyl (C=O) groups is 2. The molecule has 1 aliphatic heterocycles. The van der Waals surface area contributed by atoms with Gasteiger partial charge in [-0.25, -0.2) is 15.1 Å². The molecule has 0 radical (unpaired) electrons. The van der Waals surface area contributed by atoms with Gasteiger partial charge in [0.25, 0.3) is 11.7 Å². The van der Waals surface area contributed by atoms with Crippen LogP contribution in [0.1, 0.15) is 41.0 Å². The largest absolute Gasteiger partial charge is 0.491 e. The topological polar surface area (TPSA) is 132 Å². The zero-order valence-corrected chi connectivity index (χ0v) is 18.6. The van der Waals surface area contributed by atoms with E-state index in [2.05, 4.69) is 10.3 Å². The van der Waals surface area contributed by atoms with Crippen LogP contribution in [0.4, 0.5) is 0 Å². The minimum atomic E-state index is -0.478. The minimum Gasteiger partial charge on any atom is -0.491 e. The Bertz CT molecular complexity index is 1070. The molecule has 168 valence electrons. The summed E-state index contributed by atoms with van der Waals surface area (Å²) in [4.78, 5) is 30.8. The lowest BCUT2D eigenvalue weighted by atomic mass is 10.1. The average Bonchev–Trinajstić information content (AvgIpc) is 2.67. The molecule has 9 nitrogen and oxygen atoms in total. The molecular weight excluding hydrogens is 434 g/mol. The van der Waals surface area contributed by atoms with Crippen LogP contribution in [-0.2, 0) is 0 Å². The highest BCUT2D eigenvalue weighted by Crippen LogP contribution is 2.31. The summed E-state index contributed by atoms with van der Waals surface area (Å²) in [6.07, 6.45) is 4.85. The Balaban J connectivity index is 1.85. The highest BCUT2D eigenvalue weighted by Gasteiger charge is 2.23. The van der Waals surface area contributed by atoms with E-state index in [9.17, 15) is 9.59 Å². The quantitative estimate of drug-likeness (QED) is 0.425. The molecule has 3 rings (SSSR count). The third kappa shape index (κ3) is 5.76. The van der Waals surface area contributed by atoms with E-state index in [-0.39, 0.29) is 40.1 Å². The maximum absolute atomic E-state index is 12.6. The number of amidine groups is 1. The second-order valence-corrected chi connectivity index (χ2v) is 7.79. The number of likely N-dealkylation sites (tertiary alicyclic amines) is 1. The number of nitrogens with one attached hydrogen (secondary N) is 1. The number of amides is 2. The Morgan fingerprint density at radius 2 is 1.94 bits per heavy atom. The van der Waals surface area contributed by atoms with Gasteiger partial charge < -0.3 is 20.1 Å². The Morgan fingerprint density at radius 1 is 1.22 bits per heavy atom. The summed E-state index contributed by atoms with van der Waals surface area (Å²) in [5, 5.41) is 8.38. The van der Waals surface area contributed by atoms with Gasteiger partial charge >= 0.3 is 5.91 Å². The van der Waals surface area contributed by atoms with E-state index in [1.165, 1.54) is 30.6 Å². The van der Waals surface area contributed by atoms with Crippen LogP contribution in [0.5, 0.6) is 17.4 Å². The second kappa shape index (κ2) is 10.1. The van der Waals surface area contributed by atoms with E-state index in [0.29, 0.717) is 11.3 Å². The zero-order chi connectivity index (χ0) is 23.3. The Kier molecular flexibility index (Phi) is 7.32. The fraction of sp³-hybridized carbons (Fsp3) is 0.273. The average molecular weight is 459 g/mol. The molecule has 2 heterocycles. The van der Waals surface area contributed by atoms with Crippen molar-refractivity contribution in [3.8, 4) is 17.4 Å². The smallest absolute Gasteiger partial charge is 0.339 e. The first kappa shape index (κ1) is 23.1. The second-order valence-electron chi connectivity index (χ2n) is 7.39. The first-order chi connectivity index (χ1) is 15.3. The van der Waals surface area contributed by atoms with E-state index in [1.54, 1.807) is 17.0 Å². The molecular formula is C22H25ClN5O4+. The standard InChI is InChI=1S/C22H24ClN5O4/c1-13(2)31-16-8-14(20(29)27-19(25)4-5-24)9-17(11-16)32-21-18(23)10-15(12-26-21)22(30)28-6-3-7-28/h4-5,8-13H,3,6-7,24H2,1-2H3,(H2,25,27,29)/p+1/b5-4-. The van der Waals surface area contributed by atoms with Crippen molar-refractivity contribution in [2.45, 2.75) is 26.4 Å². The highest BCUT2D eigenvalue weighted by molar-refractivity contribution is 6.32. The van der Waals surface area contributed by atoms with Crippen LogP contribution < -0.4 is 25.9 Å². The molecule has 0 unspecified atom stereocenters. The number of nitrogens with two attached hydrogens (primary N) is 2. The summed E-state index contributed by atoms with van der Waals surface area (Å²) < 4.78 is 11.5. The Morgan fingerprint density at radius 3 is 2.53 bits per heavy atom. The van der Waals surface area contributed by atoms with Gasteiger partial charge in [0.15, 0.2) is 0 Å². The molecule has 0 spiro atoms. The summed E-state index contributed by atoms with van der Waals surface area (Å²) in [6, 6.07) is 6.19. The van der Waals surface area contributed by atoms with Crippen LogP contribution in [0.25, 0.3) is 0 Å². The Labute approximate surface area is 190 Å². The van der Waals surface area contributed by atoms with Crippen molar-refractivity contribution in [1.29, 1.82) is 0 Å². The number of benzene rings is 1. The zero-order valence-electron chi connectivity index (χ0n) is 17.8. The van der Waals surface area contributed by atoms with Gasteiger partial charge in [0.05, 0.1) is 17.2 Å².